The molecule has 0 radical (unpaired) electrons. The number of rotatable bonds is 4. The number of ketones is 1. The molecule has 4 heteroatoms. The van der Waals surface area contributed by atoms with Crippen LogP contribution in [0.2, 0.25) is 0 Å². The Labute approximate surface area is 126 Å². The van der Waals surface area contributed by atoms with Gasteiger partial charge in [0.25, 0.3) is 0 Å². The van der Waals surface area contributed by atoms with Gasteiger partial charge in [0.05, 0.1) is 5.69 Å². The van der Waals surface area contributed by atoms with Crippen molar-refractivity contribution in [1.82, 2.24) is 9.55 Å². The molecule has 1 heterocycles. The van der Waals surface area contributed by atoms with Gasteiger partial charge in [-0.25, -0.2) is 4.98 Å². The molecule has 116 valence electrons. The van der Waals surface area contributed by atoms with E-state index in [1.165, 1.54) is 11.4 Å². The second-order valence-electron chi connectivity index (χ2n) is 6.85. The molecule has 0 saturated heterocycles. The topological polar surface area (TPSA) is 44.1 Å². The van der Waals surface area contributed by atoms with Crippen LogP contribution in [0.15, 0.2) is 0 Å². The molecule has 0 aliphatic heterocycles. The van der Waals surface area contributed by atoms with Crippen LogP contribution in [0.1, 0.15) is 56.2 Å². The minimum absolute atomic E-state index is 0.110. The van der Waals surface area contributed by atoms with Crippen molar-refractivity contribution in [3.8, 4) is 0 Å². The highest BCUT2D eigenvalue weighted by Crippen LogP contribution is 2.48. The molecular formula is C17H26N2O2. The SMILES string of the molecule is COCCCn1c(C)nc2c1CCC1CC(=O)CCC21C. The van der Waals surface area contributed by atoms with Gasteiger partial charge in [-0.3, -0.25) is 4.79 Å². The fourth-order valence-corrected chi connectivity index (χ4v) is 4.23. The highest BCUT2D eigenvalue weighted by molar-refractivity contribution is 5.80. The van der Waals surface area contributed by atoms with Crippen molar-refractivity contribution < 1.29 is 9.53 Å². The molecule has 0 N–H and O–H groups in total. The summed E-state index contributed by atoms with van der Waals surface area (Å²) in [5, 5.41) is 0. The van der Waals surface area contributed by atoms with Crippen LogP contribution in [0.5, 0.6) is 0 Å². The van der Waals surface area contributed by atoms with Crippen molar-refractivity contribution in [1.29, 1.82) is 0 Å². The van der Waals surface area contributed by atoms with Crippen molar-refractivity contribution in [3.63, 3.8) is 0 Å². The van der Waals surface area contributed by atoms with Crippen LogP contribution < -0.4 is 0 Å². The first-order valence-electron chi connectivity index (χ1n) is 8.13. The number of fused-ring (bicyclic) bond motifs is 3. The van der Waals surface area contributed by atoms with Gasteiger partial charge in [0.2, 0.25) is 0 Å². The molecule has 1 saturated carbocycles. The Bertz CT molecular complexity index is 549. The summed E-state index contributed by atoms with van der Waals surface area (Å²) in [6.45, 7) is 6.22. The molecule has 0 bridgehead atoms. The average Bonchev–Trinajstić information content (AvgIpc) is 2.78. The molecule has 21 heavy (non-hydrogen) atoms. The maximum absolute atomic E-state index is 11.8. The lowest BCUT2D eigenvalue weighted by molar-refractivity contribution is -0.123. The molecule has 0 spiro atoms. The maximum atomic E-state index is 11.8. The van der Waals surface area contributed by atoms with Gasteiger partial charge in [-0.05, 0) is 38.5 Å². The molecule has 1 aromatic heterocycles. The van der Waals surface area contributed by atoms with E-state index in [1.54, 1.807) is 7.11 Å². The van der Waals surface area contributed by atoms with Crippen LogP contribution in [0.3, 0.4) is 0 Å². The summed E-state index contributed by atoms with van der Waals surface area (Å²) in [7, 11) is 1.75. The lowest BCUT2D eigenvalue weighted by atomic mass is 9.60. The van der Waals surface area contributed by atoms with Gasteiger partial charge in [0.1, 0.15) is 11.6 Å². The molecule has 0 amide bonds. The summed E-state index contributed by atoms with van der Waals surface area (Å²) >= 11 is 0. The lowest BCUT2D eigenvalue weighted by Gasteiger charge is -2.43. The monoisotopic (exact) mass is 290 g/mol. The number of hydrogen-bond donors (Lipinski definition) is 0. The van der Waals surface area contributed by atoms with E-state index in [-0.39, 0.29) is 5.41 Å². The molecule has 1 aromatic rings. The zero-order chi connectivity index (χ0) is 15.0. The number of imidazole rings is 1. The molecule has 2 unspecified atom stereocenters. The summed E-state index contributed by atoms with van der Waals surface area (Å²) in [6.07, 6.45) is 5.67. The Hall–Kier alpha value is -1.16. The fourth-order valence-electron chi connectivity index (χ4n) is 4.23. The van der Waals surface area contributed by atoms with Crippen LogP contribution in [-0.2, 0) is 27.9 Å². The molecule has 2 aliphatic carbocycles. The standard InChI is InChI=1S/C17H26N2O2/c1-12-18-16-15(19(12)9-4-10-21-3)6-5-13-11-14(20)7-8-17(13,16)2/h13H,4-11H2,1-3H3. The van der Waals surface area contributed by atoms with E-state index in [1.807, 2.05) is 0 Å². The number of aryl methyl sites for hydroxylation is 1. The van der Waals surface area contributed by atoms with Crippen molar-refractivity contribution in [2.45, 2.75) is 64.3 Å². The van der Waals surface area contributed by atoms with E-state index in [0.717, 1.165) is 57.5 Å². The van der Waals surface area contributed by atoms with E-state index in [4.69, 9.17) is 9.72 Å². The zero-order valence-corrected chi connectivity index (χ0v) is 13.4. The van der Waals surface area contributed by atoms with E-state index >= 15 is 0 Å². The fraction of sp³-hybridized carbons (Fsp3) is 0.765. The Morgan fingerprint density at radius 3 is 3.00 bits per heavy atom. The van der Waals surface area contributed by atoms with Crippen LogP contribution in [0.25, 0.3) is 0 Å². The summed E-state index contributed by atoms with van der Waals surface area (Å²) < 4.78 is 7.55. The van der Waals surface area contributed by atoms with Crippen LogP contribution in [-0.4, -0.2) is 29.1 Å². The number of Topliss-reactive ketones (excluding diaryl/α,β-unsaturated/α-hetero) is 1. The van der Waals surface area contributed by atoms with E-state index < -0.39 is 0 Å². The third kappa shape index (κ3) is 2.44. The molecular weight excluding hydrogens is 264 g/mol. The molecule has 2 aliphatic rings. The van der Waals surface area contributed by atoms with Gasteiger partial charge in [-0.2, -0.15) is 0 Å². The number of carbonyl (C=O) groups is 1. The first kappa shape index (κ1) is 14.8. The van der Waals surface area contributed by atoms with Gasteiger partial charge in [-0.15, -0.1) is 0 Å². The van der Waals surface area contributed by atoms with E-state index in [2.05, 4.69) is 18.4 Å². The summed E-state index contributed by atoms with van der Waals surface area (Å²) in [5.74, 6) is 2.06. The number of methoxy groups -OCH3 is 1. The predicted octanol–water partition coefficient (Wildman–Crippen LogP) is 2.80. The quantitative estimate of drug-likeness (QED) is 0.801. The number of aromatic nitrogens is 2. The van der Waals surface area contributed by atoms with Crippen LogP contribution >= 0.6 is 0 Å². The van der Waals surface area contributed by atoms with Gasteiger partial charge in [-0.1, -0.05) is 6.92 Å². The predicted molar refractivity (Wildman–Crippen MR) is 81.5 cm³/mol. The number of carbonyl (C=O) groups excluding carboxylic acids is 1. The second kappa shape index (κ2) is 5.56. The smallest absolute Gasteiger partial charge is 0.133 e. The highest BCUT2D eigenvalue weighted by Gasteiger charge is 2.46. The van der Waals surface area contributed by atoms with Crippen molar-refractivity contribution >= 4 is 5.78 Å². The van der Waals surface area contributed by atoms with Crippen molar-refractivity contribution in [2.75, 3.05) is 13.7 Å². The van der Waals surface area contributed by atoms with E-state index in [9.17, 15) is 4.79 Å². The molecule has 4 nitrogen and oxygen atoms in total. The Morgan fingerprint density at radius 2 is 2.24 bits per heavy atom. The van der Waals surface area contributed by atoms with Crippen LogP contribution in [0, 0.1) is 12.8 Å². The Morgan fingerprint density at radius 1 is 1.43 bits per heavy atom. The van der Waals surface area contributed by atoms with Gasteiger partial charge in [0.15, 0.2) is 0 Å². The minimum atomic E-state index is 0.110. The normalized spacial score (nSPS) is 28.3. The van der Waals surface area contributed by atoms with Crippen molar-refractivity contribution in [2.24, 2.45) is 5.92 Å². The Kier molecular flexibility index (Phi) is 3.91. The first-order chi connectivity index (χ1) is 10.1. The third-order valence-corrected chi connectivity index (χ3v) is 5.56. The molecule has 1 fully saturated rings. The molecule has 0 aromatic carbocycles. The average molecular weight is 290 g/mol. The number of hydrogen-bond acceptors (Lipinski definition) is 3. The summed E-state index contributed by atoms with van der Waals surface area (Å²) in [4.78, 5) is 16.7. The van der Waals surface area contributed by atoms with Gasteiger partial charge in [0, 0.05) is 44.2 Å². The van der Waals surface area contributed by atoms with Gasteiger partial charge < -0.3 is 9.30 Å². The maximum Gasteiger partial charge on any atom is 0.133 e. The highest BCUT2D eigenvalue weighted by atomic mass is 16.5. The summed E-state index contributed by atoms with van der Waals surface area (Å²) in [6, 6.07) is 0. The summed E-state index contributed by atoms with van der Waals surface area (Å²) in [5.41, 5.74) is 2.80. The second-order valence-corrected chi connectivity index (χ2v) is 6.85. The molecule has 3 rings (SSSR count). The minimum Gasteiger partial charge on any atom is -0.385 e. The largest absolute Gasteiger partial charge is 0.385 e. The number of ether oxygens (including phenoxy) is 1. The molecule has 2 atom stereocenters. The first-order valence-corrected chi connectivity index (χ1v) is 8.13. The van der Waals surface area contributed by atoms with E-state index in [0.29, 0.717) is 11.7 Å². The van der Waals surface area contributed by atoms with Gasteiger partial charge >= 0.3 is 0 Å². The number of nitrogens with zero attached hydrogens (tertiary/aromatic N) is 2. The zero-order valence-electron chi connectivity index (χ0n) is 13.4. The third-order valence-electron chi connectivity index (χ3n) is 5.56. The van der Waals surface area contributed by atoms with Crippen molar-refractivity contribution in [3.05, 3.63) is 17.2 Å². The van der Waals surface area contributed by atoms with Crippen LogP contribution in [0.4, 0.5) is 0 Å². The Balaban J connectivity index is 1.91. The lowest BCUT2D eigenvalue weighted by Crippen LogP contribution is -2.42.